The predicted octanol–water partition coefficient (Wildman–Crippen LogP) is 1.75. The smallest absolute Gasteiger partial charge is 0.257 e. The van der Waals surface area contributed by atoms with Crippen molar-refractivity contribution < 1.29 is 17.9 Å². The summed E-state index contributed by atoms with van der Waals surface area (Å²) in [6.45, 7) is 3.55. The minimum absolute atomic E-state index is 0. The topological polar surface area (TPSA) is 87.7 Å². The summed E-state index contributed by atoms with van der Waals surface area (Å²) in [6, 6.07) is 2.67. The van der Waals surface area contributed by atoms with Crippen molar-refractivity contribution in [1.29, 1.82) is 0 Å². The lowest BCUT2D eigenvalue weighted by Gasteiger charge is -2.17. The predicted molar refractivity (Wildman–Crippen MR) is 102 cm³/mol. The van der Waals surface area contributed by atoms with E-state index in [4.69, 9.17) is 16.3 Å². The molecule has 25 heavy (non-hydrogen) atoms. The number of nitrogens with zero attached hydrogens (tertiary/aromatic N) is 1. The van der Waals surface area contributed by atoms with Gasteiger partial charge in [-0.15, -0.1) is 12.4 Å². The molecule has 0 radical (unpaired) electrons. The molecule has 1 aromatic rings. The van der Waals surface area contributed by atoms with Crippen molar-refractivity contribution in [2.45, 2.75) is 18.2 Å². The molecule has 0 fully saturated rings. The molecule has 0 unspecified atom stereocenters. The molecule has 10 heteroatoms. The fraction of sp³-hybridized carbons (Fsp3) is 0.533. The van der Waals surface area contributed by atoms with E-state index in [1.165, 1.54) is 24.1 Å². The van der Waals surface area contributed by atoms with Gasteiger partial charge in [-0.2, -0.15) is 0 Å². The van der Waals surface area contributed by atoms with E-state index < -0.39 is 15.9 Å². The van der Waals surface area contributed by atoms with Gasteiger partial charge in [-0.3, -0.25) is 4.79 Å². The molecule has 144 valence electrons. The number of amides is 1. The Morgan fingerprint density at radius 1 is 1.24 bits per heavy atom. The summed E-state index contributed by atoms with van der Waals surface area (Å²) >= 11 is 6.01. The lowest BCUT2D eigenvalue weighted by atomic mass is 10.2. The third kappa shape index (κ3) is 6.63. The number of halogens is 2. The third-order valence-electron chi connectivity index (χ3n) is 3.17. The SMILES string of the molecule is CCCNCCNS(=O)(=O)c1cc(Cl)cc(C(=O)N(C)C)c1OC.Cl. The highest BCUT2D eigenvalue weighted by Crippen LogP contribution is 2.32. The summed E-state index contributed by atoms with van der Waals surface area (Å²) in [5, 5.41) is 3.24. The number of benzene rings is 1. The van der Waals surface area contributed by atoms with Crippen LogP contribution in [0.25, 0.3) is 0 Å². The minimum Gasteiger partial charge on any atom is -0.494 e. The number of hydrogen-bond donors (Lipinski definition) is 2. The van der Waals surface area contributed by atoms with Crippen molar-refractivity contribution in [3.8, 4) is 5.75 Å². The third-order valence-corrected chi connectivity index (χ3v) is 4.86. The first-order valence-electron chi connectivity index (χ1n) is 7.54. The maximum absolute atomic E-state index is 12.5. The van der Waals surface area contributed by atoms with E-state index in [1.54, 1.807) is 14.1 Å². The van der Waals surface area contributed by atoms with E-state index in [9.17, 15) is 13.2 Å². The monoisotopic (exact) mass is 413 g/mol. The highest BCUT2D eigenvalue weighted by atomic mass is 35.5. The molecule has 0 atom stereocenters. The fourth-order valence-electron chi connectivity index (χ4n) is 2.03. The van der Waals surface area contributed by atoms with E-state index in [-0.39, 0.29) is 40.2 Å². The number of sulfonamides is 1. The van der Waals surface area contributed by atoms with Crippen LogP contribution in [0.15, 0.2) is 17.0 Å². The second kappa shape index (κ2) is 10.8. The van der Waals surface area contributed by atoms with Gasteiger partial charge in [-0.1, -0.05) is 18.5 Å². The van der Waals surface area contributed by atoms with Gasteiger partial charge in [0, 0.05) is 32.2 Å². The Labute approximate surface area is 160 Å². The number of carbonyl (C=O) groups is 1. The molecule has 0 saturated carbocycles. The number of nitrogens with one attached hydrogen (secondary N) is 2. The molecular weight excluding hydrogens is 389 g/mol. The average molecular weight is 414 g/mol. The van der Waals surface area contributed by atoms with E-state index in [0.717, 1.165) is 13.0 Å². The molecule has 1 rings (SSSR count). The normalized spacial score (nSPS) is 10.9. The Hall–Kier alpha value is -1.06. The standard InChI is InChI=1S/C15H24ClN3O4S.ClH/c1-5-6-17-7-8-18-24(21,22)13-10-11(16)9-12(14(13)23-4)15(20)19(2)3;/h9-10,17-18H,5-8H2,1-4H3;1H. The quantitative estimate of drug-likeness (QED) is 0.602. The van der Waals surface area contributed by atoms with Crippen LogP contribution in [0.3, 0.4) is 0 Å². The van der Waals surface area contributed by atoms with Gasteiger partial charge in [-0.05, 0) is 25.1 Å². The van der Waals surface area contributed by atoms with Crippen LogP contribution in [0.1, 0.15) is 23.7 Å². The molecule has 1 aromatic carbocycles. The molecule has 0 saturated heterocycles. The summed E-state index contributed by atoms with van der Waals surface area (Å²) in [5.74, 6) is -0.414. The zero-order valence-corrected chi connectivity index (χ0v) is 17.1. The molecule has 0 aliphatic heterocycles. The van der Waals surface area contributed by atoms with Crippen molar-refractivity contribution in [2.24, 2.45) is 0 Å². The number of carbonyl (C=O) groups excluding carboxylic acids is 1. The first-order valence-corrected chi connectivity index (χ1v) is 9.40. The summed E-state index contributed by atoms with van der Waals surface area (Å²) in [6.07, 6.45) is 0.963. The van der Waals surface area contributed by atoms with Crippen molar-refractivity contribution in [1.82, 2.24) is 14.9 Å². The van der Waals surface area contributed by atoms with Gasteiger partial charge in [0.1, 0.15) is 4.90 Å². The van der Waals surface area contributed by atoms with Gasteiger partial charge in [-0.25, -0.2) is 13.1 Å². The van der Waals surface area contributed by atoms with Crippen molar-refractivity contribution in [3.63, 3.8) is 0 Å². The first-order chi connectivity index (χ1) is 11.2. The Kier molecular flexibility index (Phi) is 10.4. The van der Waals surface area contributed by atoms with Crippen LogP contribution in [0.2, 0.25) is 5.02 Å². The van der Waals surface area contributed by atoms with Gasteiger partial charge in [0.25, 0.3) is 5.91 Å². The van der Waals surface area contributed by atoms with Gasteiger partial charge in [0.15, 0.2) is 5.75 Å². The molecule has 0 bridgehead atoms. The number of rotatable bonds is 9. The molecule has 0 heterocycles. The molecule has 2 N–H and O–H groups in total. The van der Waals surface area contributed by atoms with Crippen LogP contribution in [-0.4, -0.2) is 60.1 Å². The number of ether oxygens (including phenoxy) is 1. The summed E-state index contributed by atoms with van der Waals surface area (Å²) in [5.41, 5.74) is 0.0967. The second-order valence-corrected chi connectivity index (χ2v) is 7.50. The molecule has 0 spiro atoms. The maximum Gasteiger partial charge on any atom is 0.257 e. The summed E-state index contributed by atoms with van der Waals surface area (Å²) in [4.78, 5) is 13.4. The molecule has 7 nitrogen and oxygen atoms in total. The Bertz CT molecular complexity index is 682. The van der Waals surface area contributed by atoms with E-state index >= 15 is 0 Å². The van der Waals surface area contributed by atoms with Crippen LogP contribution in [0.4, 0.5) is 0 Å². The van der Waals surface area contributed by atoms with Gasteiger partial charge in [0.2, 0.25) is 10.0 Å². The van der Waals surface area contributed by atoms with Crippen LogP contribution >= 0.6 is 24.0 Å². The van der Waals surface area contributed by atoms with Gasteiger partial charge >= 0.3 is 0 Å². The van der Waals surface area contributed by atoms with Gasteiger partial charge in [0.05, 0.1) is 12.7 Å². The van der Waals surface area contributed by atoms with E-state index in [2.05, 4.69) is 10.0 Å². The highest BCUT2D eigenvalue weighted by molar-refractivity contribution is 7.89. The van der Waals surface area contributed by atoms with Crippen LogP contribution in [0.5, 0.6) is 5.75 Å². The maximum atomic E-state index is 12.5. The Balaban J connectivity index is 0.00000576. The largest absolute Gasteiger partial charge is 0.494 e. The first kappa shape index (κ1) is 23.9. The molecular formula is C15H25Cl2N3O4S. The van der Waals surface area contributed by atoms with E-state index in [1.807, 2.05) is 6.92 Å². The number of methoxy groups -OCH3 is 1. The fourth-order valence-corrected chi connectivity index (χ4v) is 3.56. The zero-order chi connectivity index (χ0) is 18.3. The average Bonchev–Trinajstić information content (AvgIpc) is 2.52. The van der Waals surface area contributed by atoms with Crippen LogP contribution in [-0.2, 0) is 10.0 Å². The Morgan fingerprint density at radius 3 is 2.40 bits per heavy atom. The minimum atomic E-state index is -3.86. The van der Waals surface area contributed by atoms with Crippen LogP contribution in [0, 0.1) is 0 Å². The molecule has 0 aromatic heterocycles. The Morgan fingerprint density at radius 2 is 1.88 bits per heavy atom. The van der Waals surface area contributed by atoms with Crippen molar-refractivity contribution >= 4 is 39.9 Å². The van der Waals surface area contributed by atoms with E-state index in [0.29, 0.717) is 6.54 Å². The summed E-state index contributed by atoms with van der Waals surface area (Å²) < 4.78 is 32.7. The van der Waals surface area contributed by atoms with Gasteiger partial charge < -0.3 is 15.0 Å². The zero-order valence-electron chi connectivity index (χ0n) is 14.8. The van der Waals surface area contributed by atoms with Crippen LogP contribution < -0.4 is 14.8 Å². The highest BCUT2D eigenvalue weighted by Gasteiger charge is 2.26. The molecule has 0 aliphatic carbocycles. The lowest BCUT2D eigenvalue weighted by molar-refractivity contribution is 0.0824. The van der Waals surface area contributed by atoms with Crippen molar-refractivity contribution in [3.05, 3.63) is 22.7 Å². The van der Waals surface area contributed by atoms with Crippen molar-refractivity contribution in [2.75, 3.05) is 40.8 Å². The summed E-state index contributed by atoms with van der Waals surface area (Å²) in [7, 11) is 0.580. The molecule has 0 aliphatic rings. The lowest BCUT2D eigenvalue weighted by Crippen LogP contribution is -2.32. The molecule has 1 amide bonds. The number of hydrogen-bond acceptors (Lipinski definition) is 5. The second-order valence-electron chi connectivity index (χ2n) is 5.33.